The van der Waals surface area contributed by atoms with Crippen LogP contribution >= 0.6 is 0 Å². The Hall–Kier alpha value is -4.10. The van der Waals surface area contributed by atoms with Crippen molar-refractivity contribution in [2.24, 2.45) is 10.2 Å². The van der Waals surface area contributed by atoms with Gasteiger partial charge in [0.05, 0.1) is 17.1 Å². The molecule has 0 aliphatic rings. The van der Waals surface area contributed by atoms with Crippen molar-refractivity contribution in [1.82, 2.24) is 15.1 Å². The predicted molar refractivity (Wildman–Crippen MR) is 146 cm³/mol. The minimum atomic E-state index is -0.169. The SMILES string of the molecule is Cc1c(C(=O)NCCc2ccc(N=Nc3ccccc3)cc2)nn(CCCCCO)c1-c1ccccc1. The molecule has 0 fully saturated rings. The maximum absolute atomic E-state index is 13.1. The largest absolute Gasteiger partial charge is 0.396 e. The van der Waals surface area contributed by atoms with Gasteiger partial charge in [-0.05, 0) is 62.4 Å². The molecule has 7 nitrogen and oxygen atoms in total. The average molecular weight is 496 g/mol. The Morgan fingerprint density at radius 2 is 1.51 bits per heavy atom. The molecule has 0 aliphatic carbocycles. The lowest BCUT2D eigenvalue weighted by molar-refractivity contribution is 0.0947. The van der Waals surface area contributed by atoms with E-state index >= 15 is 0 Å². The first-order valence-electron chi connectivity index (χ1n) is 12.7. The second kappa shape index (κ2) is 13.3. The molecule has 0 spiro atoms. The van der Waals surface area contributed by atoms with Gasteiger partial charge in [0.15, 0.2) is 5.69 Å². The molecule has 3 aromatic carbocycles. The quantitative estimate of drug-likeness (QED) is 0.176. The molecule has 1 aromatic heterocycles. The third-order valence-corrected chi connectivity index (χ3v) is 6.15. The molecule has 4 rings (SSSR count). The van der Waals surface area contributed by atoms with Crippen LogP contribution in [-0.4, -0.2) is 33.9 Å². The molecule has 4 aromatic rings. The Morgan fingerprint density at radius 1 is 0.865 bits per heavy atom. The third kappa shape index (κ3) is 7.21. The van der Waals surface area contributed by atoms with Crippen molar-refractivity contribution >= 4 is 17.3 Å². The summed E-state index contributed by atoms with van der Waals surface area (Å²) in [6.07, 6.45) is 3.28. The third-order valence-electron chi connectivity index (χ3n) is 6.15. The highest BCUT2D eigenvalue weighted by molar-refractivity contribution is 5.95. The number of nitrogens with one attached hydrogen (secondary N) is 1. The molecule has 0 unspecified atom stereocenters. The van der Waals surface area contributed by atoms with E-state index in [1.54, 1.807) is 0 Å². The maximum Gasteiger partial charge on any atom is 0.272 e. The highest BCUT2D eigenvalue weighted by Crippen LogP contribution is 2.26. The first kappa shape index (κ1) is 26.0. The Balaban J connectivity index is 1.37. The standard InChI is InChI=1S/C30H33N5O2/c1-23-28(34-35(21-9-4-10-22-36)29(23)25-11-5-2-6-12-25)30(37)31-20-19-24-15-17-27(18-16-24)33-32-26-13-7-3-8-14-26/h2-3,5-8,11-18,36H,4,9-10,19-22H2,1H3,(H,31,37). The van der Waals surface area contributed by atoms with E-state index in [9.17, 15) is 4.79 Å². The molecule has 190 valence electrons. The van der Waals surface area contributed by atoms with Crippen LogP contribution < -0.4 is 5.32 Å². The number of aliphatic hydroxyl groups is 1. The van der Waals surface area contributed by atoms with Gasteiger partial charge < -0.3 is 10.4 Å². The molecule has 0 atom stereocenters. The lowest BCUT2D eigenvalue weighted by atomic mass is 10.1. The Bertz CT molecular complexity index is 1300. The first-order valence-corrected chi connectivity index (χ1v) is 12.7. The number of aromatic nitrogens is 2. The van der Waals surface area contributed by atoms with E-state index in [2.05, 4.69) is 20.6 Å². The number of amides is 1. The zero-order valence-electron chi connectivity index (χ0n) is 21.2. The summed E-state index contributed by atoms with van der Waals surface area (Å²) in [6, 6.07) is 27.5. The summed E-state index contributed by atoms with van der Waals surface area (Å²) in [7, 11) is 0. The van der Waals surface area contributed by atoms with Crippen LogP contribution in [0.4, 0.5) is 11.4 Å². The molecule has 0 aliphatic heterocycles. The summed E-state index contributed by atoms with van der Waals surface area (Å²) in [6.45, 7) is 3.36. The Kier molecular flexibility index (Phi) is 9.32. The van der Waals surface area contributed by atoms with E-state index in [0.29, 0.717) is 25.2 Å². The predicted octanol–water partition coefficient (Wildman–Crippen LogP) is 6.41. The fourth-order valence-corrected chi connectivity index (χ4v) is 4.18. The molecule has 37 heavy (non-hydrogen) atoms. The molecule has 1 amide bonds. The Morgan fingerprint density at radius 3 is 2.19 bits per heavy atom. The van der Waals surface area contributed by atoms with Crippen LogP contribution in [0.2, 0.25) is 0 Å². The minimum Gasteiger partial charge on any atom is -0.396 e. The van der Waals surface area contributed by atoms with Crippen molar-refractivity contribution in [3.8, 4) is 11.3 Å². The van der Waals surface area contributed by atoms with Crippen LogP contribution in [-0.2, 0) is 13.0 Å². The summed E-state index contributed by atoms with van der Waals surface area (Å²) in [5, 5.41) is 25.3. The van der Waals surface area contributed by atoms with Crippen LogP contribution in [0.5, 0.6) is 0 Å². The molecule has 0 saturated carbocycles. The van der Waals surface area contributed by atoms with Crippen molar-refractivity contribution in [1.29, 1.82) is 0 Å². The number of carbonyl (C=O) groups is 1. The smallest absolute Gasteiger partial charge is 0.272 e. The fourth-order valence-electron chi connectivity index (χ4n) is 4.18. The van der Waals surface area contributed by atoms with Crippen molar-refractivity contribution in [3.05, 3.63) is 102 Å². The second-order valence-electron chi connectivity index (χ2n) is 8.90. The summed E-state index contributed by atoms with van der Waals surface area (Å²) in [4.78, 5) is 13.1. The van der Waals surface area contributed by atoms with Gasteiger partial charge >= 0.3 is 0 Å². The molecular weight excluding hydrogens is 462 g/mol. The van der Waals surface area contributed by atoms with Crippen LogP contribution in [0.1, 0.15) is 40.9 Å². The number of nitrogens with zero attached hydrogens (tertiary/aromatic N) is 4. The van der Waals surface area contributed by atoms with Crippen LogP contribution in [0.3, 0.4) is 0 Å². The van der Waals surface area contributed by atoms with E-state index in [1.165, 1.54) is 0 Å². The number of aryl methyl sites for hydroxylation is 1. The Labute approximate surface area is 217 Å². The molecule has 0 bridgehead atoms. The van der Waals surface area contributed by atoms with Crippen LogP contribution in [0.25, 0.3) is 11.3 Å². The number of unbranched alkanes of at least 4 members (excludes halogenated alkanes) is 2. The van der Waals surface area contributed by atoms with Crippen LogP contribution in [0.15, 0.2) is 95.2 Å². The van der Waals surface area contributed by atoms with E-state index < -0.39 is 0 Å². The lowest BCUT2D eigenvalue weighted by Crippen LogP contribution is -2.26. The number of azo groups is 1. The number of rotatable bonds is 12. The monoisotopic (exact) mass is 495 g/mol. The van der Waals surface area contributed by atoms with E-state index in [0.717, 1.165) is 53.0 Å². The summed E-state index contributed by atoms with van der Waals surface area (Å²) in [5.41, 5.74) is 6.04. The highest BCUT2D eigenvalue weighted by Gasteiger charge is 2.20. The van der Waals surface area contributed by atoms with Gasteiger partial charge in [-0.15, -0.1) is 0 Å². The van der Waals surface area contributed by atoms with Gasteiger partial charge in [-0.3, -0.25) is 9.48 Å². The topological polar surface area (TPSA) is 91.9 Å². The van der Waals surface area contributed by atoms with Gasteiger partial charge in [0.25, 0.3) is 5.91 Å². The zero-order valence-corrected chi connectivity index (χ0v) is 21.2. The van der Waals surface area contributed by atoms with E-state index in [-0.39, 0.29) is 12.5 Å². The number of aliphatic hydroxyl groups excluding tert-OH is 1. The molecule has 1 heterocycles. The van der Waals surface area contributed by atoms with Gasteiger partial charge in [0.2, 0.25) is 0 Å². The lowest BCUT2D eigenvalue weighted by Gasteiger charge is -2.08. The van der Waals surface area contributed by atoms with Crippen molar-refractivity contribution in [2.45, 2.75) is 39.2 Å². The van der Waals surface area contributed by atoms with Crippen molar-refractivity contribution in [2.75, 3.05) is 13.2 Å². The molecule has 0 radical (unpaired) electrons. The molecule has 2 N–H and O–H groups in total. The van der Waals surface area contributed by atoms with Crippen molar-refractivity contribution < 1.29 is 9.90 Å². The number of benzene rings is 3. The molecule has 0 saturated heterocycles. The summed E-state index contributed by atoms with van der Waals surface area (Å²) < 4.78 is 1.93. The summed E-state index contributed by atoms with van der Waals surface area (Å²) in [5.74, 6) is -0.169. The first-order chi connectivity index (χ1) is 18.2. The minimum absolute atomic E-state index is 0.169. The average Bonchev–Trinajstić information content (AvgIpc) is 3.27. The van der Waals surface area contributed by atoms with Crippen molar-refractivity contribution in [3.63, 3.8) is 0 Å². The number of carbonyl (C=O) groups excluding carboxylic acids is 1. The number of hydrogen-bond acceptors (Lipinski definition) is 5. The molecule has 7 heteroatoms. The van der Waals surface area contributed by atoms with Gasteiger partial charge in [-0.25, -0.2) is 0 Å². The van der Waals surface area contributed by atoms with E-state index in [4.69, 9.17) is 5.11 Å². The number of hydrogen-bond donors (Lipinski definition) is 2. The summed E-state index contributed by atoms with van der Waals surface area (Å²) >= 11 is 0. The maximum atomic E-state index is 13.1. The van der Waals surface area contributed by atoms with Gasteiger partial charge in [-0.1, -0.05) is 60.7 Å². The van der Waals surface area contributed by atoms with Gasteiger partial charge in [0, 0.05) is 30.8 Å². The fraction of sp³-hybridized carbons (Fsp3) is 0.267. The molecular formula is C30H33N5O2. The normalized spacial score (nSPS) is 11.2. The van der Waals surface area contributed by atoms with Gasteiger partial charge in [-0.2, -0.15) is 15.3 Å². The highest BCUT2D eigenvalue weighted by atomic mass is 16.2. The van der Waals surface area contributed by atoms with E-state index in [1.807, 2.05) is 96.5 Å². The second-order valence-corrected chi connectivity index (χ2v) is 8.90. The van der Waals surface area contributed by atoms with Crippen LogP contribution in [0, 0.1) is 6.92 Å². The zero-order chi connectivity index (χ0) is 25.9. The van der Waals surface area contributed by atoms with Gasteiger partial charge in [0.1, 0.15) is 0 Å².